The first-order valence-electron chi connectivity index (χ1n) is 8.98. The highest BCUT2D eigenvalue weighted by Crippen LogP contribution is 2.34. The van der Waals surface area contributed by atoms with Crippen molar-refractivity contribution in [3.05, 3.63) is 46.2 Å². The molecule has 0 saturated carbocycles. The van der Waals surface area contributed by atoms with Gasteiger partial charge in [0.2, 0.25) is 0 Å². The molecule has 3 amide bonds. The number of aromatic nitrogens is 2. The Hall–Kier alpha value is -3.27. The van der Waals surface area contributed by atoms with Crippen molar-refractivity contribution >= 4 is 44.9 Å². The summed E-state index contributed by atoms with van der Waals surface area (Å²) in [6.45, 7) is 4.40. The van der Waals surface area contributed by atoms with E-state index >= 15 is 0 Å². The molecule has 1 aliphatic rings. The summed E-state index contributed by atoms with van der Waals surface area (Å²) < 4.78 is 13.6. The van der Waals surface area contributed by atoms with Crippen molar-refractivity contribution in [3.8, 4) is 0 Å². The van der Waals surface area contributed by atoms with Crippen LogP contribution in [0.5, 0.6) is 0 Å². The summed E-state index contributed by atoms with van der Waals surface area (Å²) in [4.78, 5) is 27.3. The number of carbonyl (C=O) groups is 2. The molecule has 10 heteroatoms. The third-order valence-corrected chi connectivity index (χ3v) is 6.05. The van der Waals surface area contributed by atoms with Gasteiger partial charge in [0.15, 0.2) is 0 Å². The second-order valence-electron chi connectivity index (χ2n) is 6.92. The van der Waals surface area contributed by atoms with Gasteiger partial charge in [-0.2, -0.15) is 5.10 Å². The van der Waals surface area contributed by atoms with Gasteiger partial charge in [-0.3, -0.25) is 4.79 Å². The number of nitrogens with zero attached hydrogens (tertiary/aromatic N) is 3. The SMILES string of the molecule is Cc1nnc2sc(C(=O)NC3CN(C(=O)Nc4ccccc4F)C3)c(N)c2c1C. The molecule has 1 fully saturated rings. The molecule has 1 saturated heterocycles. The molecule has 0 unspecified atom stereocenters. The number of nitrogens with one attached hydrogen (secondary N) is 2. The zero-order valence-corrected chi connectivity index (χ0v) is 16.6. The number of thiophene rings is 1. The van der Waals surface area contributed by atoms with Crippen LogP contribution in [0.15, 0.2) is 24.3 Å². The van der Waals surface area contributed by atoms with Crippen LogP contribution < -0.4 is 16.4 Å². The maximum Gasteiger partial charge on any atom is 0.322 e. The Morgan fingerprint density at radius 1 is 1.24 bits per heavy atom. The largest absolute Gasteiger partial charge is 0.397 e. The van der Waals surface area contributed by atoms with Gasteiger partial charge in [0.25, 0.3) is 5.91 Å². The van der Waals surface area contributed by atoms with Gasteiger partial charge >= 0.3 is 6.03 Å². The zero-order valence-electron chi connectivity index (χ0n) is 15.8. The van der Waals surface area contributed by atoms with E-state index in [9.17, 15) is 14.0 Å². The van der Waals surface area contributed by atoms with Crippen molar-refractivity contribution in [1.29, 1.82) is 0 Å². The number of nitrogen functional groups attached to an aromatic ring is 1. The van der Waals surface area contributed by atoms with Crippen LogP contribution >= 0.6 is 11.3 Å². The van der Waals surface area contributed by atoms with Crippen molar-refractivity contribution in [2.45, 2.75) is 19.9 Å². The summed E-state index contributed by atoms with van der Waals surface area (Å²) in [6.07, 6.45) is 0. The van der Waals surface area contributed by atoms with Crippen molar-refractivity contribution in [2.75, 3.05) is 24.1 Å². The van der Waals surface area contributed by atoms with Gasteiger partial charge in [0.1, 0.15) is 15.5 Å². The number of fused-ring (bicyclic) bond motifs is 1. The summed E-state index contributed by atoms with van der Waals surface area (Å²) in [5.41, 5.74) is 8.38. The smallest absolute Gasteiger partial charge is 0.322 e. The van der Waals surface area contributed by atoms with E-state index in [4.69, 9.17) is 5.73 Å². The molecule has 0 aliphatic carbocycles. The fourth-order valence-electron chi connectivity index (χ4n) is 3.15. The molecule has 0 radical (unpaired) electrons. The molecule has 2 aromatic heterocycles. The molecular formula is C19H19FN6O2S. The number of nitrogens with two attached hydrogens (primary N) is 1. The number of anilines is 2. The summed E-state index contributed by atoms with van der Waals surface area (Å²) in [5, 5.41) is 14.3. The van der Waals surface area contributed by atoms with Crippen LogP contribution in [0.25, 0.3) is 10.2 Å². The van der Waals surface area contributed by atoms with Crippen LogP contribution in [0.1, 0.15) is 20.9 Å². The van der Waals surface area contributed by atoms with Crippen LogP contribution in [-0.4, -0.2) is 46.2 Å². The number of aryl methyl sites for hydroxylation is 2. The molecule has 3 aromatic rings. The number of likely N-dealkylation sites (tertiary alicyclic amines) is 1. The minimum absolute atomic E-state index is 0.120. The maximum atomic E-state index is 13.6. The Bertz CT molecular complexity index is 1130. The lowest BCUT2D eigenvalue weighted by Crippen LogP contribution is -2.61. The van der Waals surface area contributed by atoms with E-state index in [0.29, 0.717) is 28.5 Å². The first-order chi connectivity index (χ1) is 13.8. The second-order valence-corrected chi connectivity index (χ2v) is 7.92. The lowest BCUT2D eigenvalue weighted by atomic mass is 10.1. The van der Waals surface area contributed by atoms with Gasteiger partial charge < -0.3 is 21.3 Å². The van der Waals surface area contributed by atoms with E-state index < -0.39 is 11.8 Å². The van der Waals surface area contributed by atoms with E-state index in [2.05, 4.69) is 20.8 Å². The van der Waals surface area contributed by atoms with E-state index in [1.54, 1.807) is 12.1 Å². The number of amides is 3. The maximum absolute atomic E-state index is 13.6. The first-order valence-corrected chi connectivity index (χ1v) is 9.80. The highest BCUT2D eigenvalue weighted by atomic mass is 32.1. The van der Waals surface area contributed by atoms with Crippen LogP contribution in [0.2, 0.25) is 0 Å². The predicted octanol–water partition coefficient (Wildman–Crippen LogP) is 2.68. The highest BCUT2D eigenvalue weighted by molar-refractivity contribution is 7.21. The molecule has 0 atom stereocenters. The van der Waals surface area contributed by atoms with E-state index in [1.807, 2.05) is 13.8 Å². The molecule has 0 spiro atoms. The van der Waals surface area contributed by atoms with Crippen molar-refractivity contribution in [1.82, 2.24) is 20.4 Å². The minimum atomic E-state index is -0.500. The number of halogens is 1. The van der Waals surface area contributed by atoms with Gasteiger partial charge in [0, 0.05) is 18.5 Å². The van der Waals surface area contributed by atoms with Crippen molar-refractivity contribution in [2.24, 2.45) is 0 Å². The van der Waals surface area contributed by atoms with Gasteiger partial charge in [-0.15, -0.1) is 16.4 Å². The number of benzene rings is 1. The quantitative estimate of drug-likeness (QED) is 0.610. The van der Waals surface area contributed by atoms with Crippen LogP contribution in [0.4, 0.5) is 20.6 Å². The van der Waals surface area contributed by atoms with E-state index in [1.165, 1.54) is 28.4 Å². The fourth-order valence-corrected chi connectivity index (χ4v) is 4.16. The molecule has 1 aromatic carbocycles. The van der Waals surface area contributed by atoms with Crippen LogP contribution in [0.3, 0.4) is 0 Å². The van der Waals surface area contributed by atoms with Crippen molar-refractivity contribution in [3.63, 3.8) is 0 Å². The average Bonchev–Trinajstić information content (AvgIpc) is 3.00. The topological polar surface area (TPSA) is 113 Å². The number of hydrogen-bond acceptors (Lipinski definition) is 6. The first kappa shape index (κ1) is 19.1. The molecule has 150 valence electrons. The Labute approximate surface area is 169 Å². The van der Waals surface area contributed by atoms with Gasteiger partial charge in [-0.25, -0.2) is 9.18 Å². The Morgan fingerprint density at radius 3 is 2.69 bits per heavy atom. The van der Waals surface area contributed by atoms with Gasteiger partial charge in [-0.05, 0) is 31.5 Å². The normalized spacial score (nSPS) is 14.0. The number of urea groups is 1. The van der Waals surface area contributed by atoms with Gasteiger partial charge in [0.05, 0.1) is 23.1 Å². The number of carbonyl (C=O) groups excluding carboxylic acids is 2. The lowest BCUT2D eigenvalue weighted by Gasteiger charge is -2.39. The third kappa shape index (κ3) is 3.46. The summed E-state index contributed by atoms with van der Waals surface area (Å²) >= 11 is 1.20. The third-order valence-electron chi connectivity index (χ3n) is 4.96. The number of para-hydroxylation sites is 1. The molecular weight excluding hydrogens is 395 g/mol. The molecule has 8 nitrogen and oxygen atoms in total. The van der Waals surface area contributed by atoms with Crippen LogP contribution in [-0.2, 0) is 0 Å². The van der Waals surface area contributed by atoms with Crippen LogP contribution in [0, 0.1) is 19.7 Å². The summed E-state index contributed by atoms with van der Waals surface area (Å²) in [6, 6.07) is 5.34. The Balaban J connectivity index is 1.38. The standard InChI is InChI=1S/C19H19FN6O2S/c1-9-10(2)24-25-18-14(9)15(21)16(29-18)17(27)22-11-7-26(8-11)19(28)23-13-6-4-3-5-12(13)20/h3-6,11H,7-8,21H2,1-2H3,(H,22,27)(H,23,28). The Morgan fingerprint density at radius 2 is 1.97 bits per heavy atom. The minimum Gasteiger partial charge on any atom is -0.397 e. The molecule has 4 rings (SSSR count). The Kier molecular flexibility index (Phi) is 4.79. The molecule has 29 heavy (non-hydrogen) atoms. The average molecular weight is 414 g/mol. The summed E-state index contributed by atoms with van der Waals surface area (Å²) in [5.74, 6) is -0.804. The zero-order chi connectivity index (χ0) is 20.7. The molecule has 0 bridgehead atoms. The number of rotatable bonds is 3. The second kappa shape index (κ2) is 7.28. The van der Waals surface area contributed by atoms with E-state index in [-0.39, 0.29) is 17.6 Å². The summed E-state index contributed by atoms with van der Waals surface area (Å²) in [7, 11) is 0. The lowest BCUT2D eigenvalue weighted by molar-refractivity contribution is 0.0869. The number of hydrogen-bond donors (Lipinski definition) is 3. The molecule has 4 N–H and O–H groups in total. The fraction of sp³-hybridized carbons (Fsp3) is 0.263. The van der Waals surface area contributed by atoms with E-state index in [0.717, 1.165) is 16.6 Å². The van der Waals surface area contributed by atoms with Crippen molar-refractivity contribution < 1.29 is 14.0 Å². The van der Waals surface area contributed by atoms with Gasteiger partial charge in [-0.1, -0.05) is 12.1 Å². The monoisotopic (exact) mass is 414 g/mol. The molecule has 1 aliphatic heterocycles. The molecule has 3 heterocycles. The highest BCUT2D eigenvalue weighted by Gasteiger charge is 2.33. The predicted molar refractivity (Wildman–Crippen MR) is 110 cm³/mol.